The van der Waals surface area contributed by atoms with Gasteiger partial charge in [-0.05, 0) is 68.2 Å². The summed E-state index contributed by atoms with van der Waals surface area (Å²) in [6.07, 6.45) is 4.86. The van der Waals surface area contributed by atoms with Crippen LogP contribution in [0.1, 0.15) is 74.7 Å². The summed E-state index contributed by atoms with van der Waals surface area (Å²) in [5, 5.41) is 0. The number of allylic oxidation sites excluding steroid dienone is 1. The minimum Gasteiger partial charge on any atom is -0.400 e. The molecule has 138 valence electrons. The Labute approximate surface area is 154 Å². The minimum atomic E-state index is -0.426. The molecule has 0 bridgehead atoms. The molecule has 0 aliphatic carbocycles. The van der Waals surface area contributed by atoms with Crippen molar-refractivity contribution in [1.82, 2.24) is 0 Å². The Morgan fingerprint density at radius 3 is 1.76 bits per heavy atom. The standard InChI is InChI=1S/C19H32B2O4/c1-16(2)17(3,4)23-20(22-16)14-12-10-9-11-13-15-21-24-18(5,6)19(7,8)25-21/h12,14H,9-11H2,1-8H3/b14-12+. The Morgan fingerprint density at radius 1 is 0.760 bits per heavy atom. The molecular weight excluding hydrogens is 314 g/mol. The average molecular weight is 346 g/mol. The molecule has 0 amide bonds. The summed E-state index contributed by atoms with van der Waals surface area (Å²) in [6.45, 7) is 16.4. The summed E-state index contributed by atoms with van der Waals surface area (Å²) in [5.74, 6) is 8.24. The van der Waals surface area contributed by atoms with Crippen LogP contribution in [0.25, 0.3) is 0 Å². The molecule has 0 N–H and O–H groups in total. The lowest BCUT2D eigenvalue weighted by molar-refractivity contribution is 0.00578. The van der Waals surface area contributed by atoms with Crippen molar-refractivity contribution in [3.63, 3.8) is 0 Å². The molecule has 2 fully saturated rings. The van der Waals surface area contributed by atoms with Crippen LogP contribution in [0, 0.1) is 11.7 Å². The minimum absolute atomic E-state index is 0.263. The second-order valence-electron chi connectivity index (χ2n) is 8.85. The predicted molar refractivity (Wildman–Crippen MR) is 103 cm³/mol. The van der Waals surface area contributed by atoms with Gasteiger partial charge in [0.05, 0.1) is 22.4 Å². The van der Waals surface area contributed by atoms with Crippen LogP contribution >= 0.6 is 0 Å². The average Bonchev–Trinajstić information content (AvgIpc) is 2.76. The SMILES string of the molecule is CC1(C)OB(C#CCCC/C=C/B2OC(C)(C)C(C)(C)O2)OC1(C)C. The third kappa shape index (κ3) is 4.71. The number of hydrogen-bond acceptors (Lipinski definition) is 4. The maximum Gasteiger partial charge on any atom is 0.551 e. The summed E-state index contributed by atoms with van der Waals surface area (Å²) in [4.78, 5) is 0. The molecule has 0 saturated carbocycles. The molecular formula is C19H32B2O4. The van der Waals surface area contributed by atoms with E-state index in [0.717, 1.165) is 19.3 Å². The highest BCUT2D eigenvalue weighted by Gasteiger charge is 2.51. The third-order valence-electron chi connectivity index (χ3n) is 5.71. The van der Waals surface area contributed by atoms with Gasteiger partial charge in [0.25, 0.3) is 0 Å². The highest BCUT2D eigenvalue weighted by molar-refractivity contribution is 6.55. The van der Waals surface area contributed by atoms with Gasteiger partial charge in [-0.25, -0.2) is 0 Å². The van der Waals surface area contributed by atoms with Gasteiger partial charge >= 0.3 is 14.2 Å². The first-order valence-electron chi connectivity index (χ1n) is 9.23. The lowest BCUT2D eigenvalue weighted by Crippen LogP contribution is -2.41. The van der Waals surface area contributed by atoms with E-state index < -0.39 is 7.12 Å². The molecule has 2 heterocycles. The van der Waals surface area contributed by atoms with Crippen LogP contribution in [-0.4, -0.2) is 36.6 Å². The molecule has 2 aliphatic heterocycles. The largest absolute Gasteiger partial charge is 0.551 e. The fourth-order valence-electron chi connectivity index (χ4n) is 2.54. The van der Waals surface area contributed by atoms with Crippen LogP contribution in [0.4, 0.5) is 0 Å². The summed E-state index contributed by atoms with van der Waals surface area (Å²) in [6, 6.07) is 0. The van der Waals surface area contributed by atoms with Gasteiger partial charge in [-0.1, -0.05) is 17.9 Å². The normalized spacial score (nSPS) is 26.1. The van der Waals surface area contributed by atoms with Crippen molar-refractivity contribution in [3.05, 3.63) is 12.1 Å². The maximum absolute atomic E-state index is 5.93. The van der Waals surface area contributed by atoms with Crippen molar-refractivity contribution in [3.8, 4) is 11.7 Å². The molecule has 4 nitrogen and oxygen atoms in total. The molecule has 6 heteroatoms. The molecule has 2 saturated heterocycles. The molecule has 0 atom stereocenters. The van der Waals surface area contributed by atoms with Gasteiger partial charge in [-0.2, -0.15) is 0 Å². The van der Waals surface area contributed by atoms with Gasteiger partial charge in [0.15, 0.2) is 0 Å². The van der Waals surface area contributed by atoms with E-state index in [9.17, 15) is 0 Å². The van der Waals surface area contributed by atoms with Crippen molar-refractivity contribution in [2.75, 3.05) is 0 Å². The summed E-state index contributed by atoms with van der Waals surface area (Å²) in [7, 11) is -0.689. The molecule has 2 aliphatic rings. The number of unbranched alkanes of at least 4 members (excludes halogenated alkanes) is 2. The van der Waals surface area contributed by atoms with Crippen molar-refractivity contribution in [2.24, 2.45) is 0 Å². The van der Waals surface area contributed by atoms with Gasteiger partial charge in [-0.3, -0.25) is 0 Å². The van der Waals surface area contributed by atoms with Gasteiger partial charge in [0.1, 0.15) is 0 Å². The zero-order chi connectivity index (χ0) is 18.9. The van der Waals surface area contributed by atoms with E-state index in [1.54, 1.807) is 0 Å². The predicted octanol–water partition coefficient (Wildman–Crippen LogP) is 3.98. The topological polar surface area (TPSA) is 36.9 Å². The first-order valence-corrected chi connectivity index (χ1v) is 9.23. The zero-order valence-corrected chi connectivity index (χ0v) is 17.1. The molecule has 0 radical (unpaired) electrons. The van der Waals surface area contributed by atoms with Crippen LogP contribution < -0.4 is 0 Å². The van der Waals surface area contributed by atoms with E-state index in [1.807, 2.05) is 33.7 Å². The van der Waals surface area contributed by atoms with E-state index in [2.05, 4.69) is 45.5 Å². The van der Waals surface area contributed by atoms with E-state index in [4.69, 9.17) is 18.6 Å². The fourth-order valence-corrected chi connectivity index (χ4v) is 2.54. The molecule has 0 aromatic heterocycles. The lowest BCUT2D eigenvalue weighted by Gasteiger charge is -2.32. The summed E-state index contributed by atoms with van der Waals surface area (Å²) < 4.78 is 23.6. The van der Waals surface area contributed by atoms with Crippen LogP contribution in [0.3, 0.4) is 0 Å². The van der Waals surface area contributed by atoms with Crippen LogP contribution in [-0.2, 0) is 18.6 Å². The Kier molecular flexibility index (Phi) is 5.86. The highest BCUT2D eigenvalue weighted by atomic mass is 16.7. The first-order chi connectivity index (χ1) is 11.4. The van der Waals surface area contributed by atoms with Crippen molar-refractivity contribution < 1.29 is 18.6 Å². The van der Waals surface area contributed by atoms with Gasteiger partial charge in [0, 0.05) is 6.42 Å². The van der Waals surface area contributed by atoms with Gasteiger partial charge in [-0.15, -0.1) is 5.92 Å². The summed E-state index contributed by atoms with van der Waals surface area (Å²) >= 11 is 0. The van der Waals surface area contributed by atoms with Crippen molar-refractivity contribution >= 4 is 14.2 Å². The molecule has 0 aromatic carbocycles. The highest BCUT2D eigenvalue weighted by Crippen LogP contribution is 2.37. The van der Waals surface area contributed by atoms with Crippen molar-refractivity contribution in [2.45, 2.75) is 97.1 Å². The Morgan fingerprint density at radius 2 is 1.24 bits per heavy atom. The molecule has 0 aromatic rings. The number of hydrogen-bond donors (Lipinski definition) is 0. The van der Waals surface area contributed by atoms with Crippen molar-refractivity contribution in [1.29, 1.82) is 0 Å². The second-order valence-corrected chi connectivity index (χ2v) is 8.85. The summed E-state index contributed by atoms with van der Waals surface area (Å²) in [5.41, 5.74) is -1.21. The maximum atomic E-state index is 5.93. The first kappa shape index (κ1) is 20.6. The van der Waals surface area contributed by atoms with E-state index >= 15 is 0 Å². The Hall–Kier alpha value is -0.730. The molecule has 25 heavy (non-hydrogen) atoms. The monoisotopic (exact) mass is 346 g/mol. The molecule has 2 rings (SSSR count). The second kappa shape index (κ2) is 7.12. The Balaban J connectivity index is 1.69. The Bertz CT molecular complexity index is 538. The van der Waals surface area contributed by atoms with Gasteiger partial charge < -0.3 is 18.6 Å². The van der Waals surface area contributed by atoms with Crippen LogP contribution in [0.15, 0.2) is 12.1 Å². The molecule has 0 unspecified atom stereocenters. The van der Waals surface area contributed by atoms with Crippen LogP contribution in [0.5, 0.6) is 0 Å². The quantitative estimate of drug-likeness (QED) is 0.438. The smallest absolute Gasteiger partial charge is 0.400 e. The lowest BCUT2D eigenvalue weighted by atomic mass is 9.89. The number of rotatable bonds is 4. The van der Waals surface area contributed by atoms with E-state index in [-0.39, 0.29) is 29.5 Å². The van der Waals surface area contributed by atoms with E-state index in [1.165, 1.54) is 0 Å². The van der Waals surface area contributed by atoms with E-state index in [0.29, 0.717) is 0 Å². The third-order valence-corrected chi connectivity index (χ3v) is 5.71. The zero-order valence-electron chi connectivity index (χ0n) is 17.1. The fraction of sp³-hybridized carbons (Fsp3) is 0.789. The van der Waals surface area contributed by atoms with Crippen LogP contribution in [0.2, 0.25) is 0 Å². The molecule has 0 spiro atoms. The van der Waals surface area contributed by atoms with Gasteiger partial charge in [0.2, 0.25) is 0 Å².